The van der Waals surface area contributed by atoms with E-state index in [2.05, 4.69) is 6.58 Å². The number of benzene rings is 2. The van der Waals surface area contributed by atoms with Gasteiger partial charge in [0.15, 0.2) is 12.2 Å². The van der Waals surface area contributed by atoms with Crippen LogP contribution in [-0.2, 0) is 49.3 Å². The average molecular weight is 571 g/mol. The minimum absolute atomic E-state index is 0.0954. The molecule has 0 amide bonds. The van der Waals surface area contributed by atoms with Crippen molar-refractivity contribution >= 4 is 23.9 Å². The Morgan fingerprint density at radius 2 is 1.51 bits per heavy atom. The zero-order valence-corrected chi connectivity index (χ0v) is 23.4. The summed E-state index contributed by atoms with van der Waals surface area (Å²) in [5.74, 6) is -1.91. The molecule has 0 bridgehead atoms. The van der Waals surface area contributed by atoms with Crippen molar-refractivity contribution in [2.45, 2.75) is 64.3 Å². The first-order valence-electron chi connectivity index (χ1n) is 12.9. The summed E-state index contributed by atoms with van der Waals surface area (Å²) in [6.45, 7) is 8.29. The fourth-order valence-electron chi connectivity index (χ4n) is 4.49. The van der Waals surface area contributed by atoms with E-state index in [9.17, 15) is 19.2 Å². The summed E-state index contributed by atoms with van der Waals surface area (Å²) >= 11 is 0. The number of carbonyl (C=O) groups is 4. The monoisotopic (exact) mass is 570 g/mol. The van der Waals surface area contributed by atoms with Gasteiger partial charge in [-0.1, -0.05) is 43.0 Å². The summed E-state index contributed by atoms with van der Waals surface area (Å²) in [5, 5.41) is 0. The molecule has 41 heavy (non-hydrogen) atoms. The minimum Gasteiger partial charge on any atom is -0.490 e. The Morgan fingerprint density at radius 3 is 2.07 bits per heavy atom. The Kier molecular flexibility index (Phi) is 10.9. The van der Waals surface area contributed by atoms with Crippen LogP contribution in [0.4, 0.5) is 0 Å². The van der Waals surface area contributed by atoms with Crippen molar-refractivity contribution in [3.05, 3.63) is 72.8 Å². The summed E-state index contributed by atoms with van der Waals surface area (Å²) in [6.07, 6.45) is -3.84. The van der Waals surface area contributed by atoms with Gasteiger partial charge in [-0.25, -0.2) is 0 Å². The van der Waals surface area contributed by atoms with Gasteiger partial charge in [0, 0.05) is 34.1 Å². The average Bonchev–Trinajstić information content (AvgIpc) is 2.91. The molecule has 0 spiro atoms. The van der Waals surface area contributed by atoms with E-state index in [-0.39, 0.29) is 13.0 Å². The summed E-state index contributed by atoms with van der Waals surface area (Å²) in [6, 6.07) is 15.5. The third-order valence-electron chi connectivity index (χ3n) is 5.98. The number of hydrogen-bond acceptors (Lipinski definition) is 11. The van der Waals surface area contributed by atoms with Crippen molar-refractivity contribution in [2.75, 3.05) is 13.2 Å². The molecule has 0 aliphatic carbocycles. The second kappa shape index (κ2) is 14.3. The SMILES string of the molecule is C=CCOc1ccc(C[C@]2(OC(C)=O)[C@H](Oc3ccccc3)O[C@H](COC(C)=O)[C@@H](OC(C)=O)[C@@H]2OC(C)=O)cc1. The van der Waals surface area contributed by atoms with Crippen LogP contribution in [0.3, 0.4) is 0 Å². The highest BCUT2D eigenvalue weighted by atomic mass is 16.7. The van der Waals surface area contributed by atoms with Crippen LogP contribution in [0.15, 0.2) is 67.3 Å². The number of para-hydroxylation sites is 1. The van der Waals surface area contributed by atoms with E-state index in [0.717, 1.165) is 6.92 Å². The first-order chi connectivity index (χ1) is 19.5. The van der Waals surface area contributed by atoms with Gasteiger partial charge in [0.1, 0.15) is 30.8 Å². The maximum absolute atomic E-state index is 12.7. The molecule has 2 aromatic carbocycles. The van der Waals surface area contributed by atoms with Gasteiger partial charge in [0.25, 0.3) is 0 Å². The molecule has 0 unspecified atom stereocenters. The fraction of sp³-hybridized carbons (Fsp3) is 0.400. The van der Waals surface area contributed by atoms with E-state index >= 15 is 0 Å². The van der Waals surface area contributed by atoms with Crippen LogP contribution >= 0.6 is 0 Å². The smallest absolute Gasteiger partial charge is 0.303 e. The fourth-order valence-corrected chi connectivity index (χ4v) is 4.49. The third kappa shape index (κ3) is 8.55. The van der Waals surface area contributed by atoms with Crippen LogP contribution in [0.2, 0.25) is 0 Å². The Morgan fingerprint density at radius 1 is 0.854 bits per heavy atom. The lowest BCUT2D eigenvalue weighted by Gasteiger charge is -2.51. The van der Waals surface area contributed by atoms with E-state index in [0.29, 0.717) is 23.7 Å². The van der Waals surface area contributed by atoms with Crippen molar-refractivity contribution < 1.29 is 52.3 Å². The minimum atomic E-state index is -1.87. The summed E-state index contributed by atoms with van der Waals surface area (Å²) in [7, 11) is 0. The summed E-state index contributed by atoms with van der Waals surface area (Å²) in [4.78, 5) is 49.0. The number of hydrogen-bond donors (Lipinski definition) is 0. The van der Waals surface area contributed by atoms with E-state index in [4.69, 9.17) is 33.2 Å². The van der Waals surface area contributed by atoms with Crippen molar-refractivity contribution in [3.8, 4) is 11.5 Å². The van der Waals surface area contributed by atoms with Gasteiger partial charge in [-0.15, -0.1) is 0 Å². The standard InChI is InChI=1S/C30H34O11/c1-6-16-35-24-14-12-23(13-15-24)17-30(41-22(5)34)28(38-21(4)33)27(37-20(3)32)26(18-36-19(2)31)40-29(30)39-25-10-8-7-9-11-25/h6-15,26-29H,1,16-18H2,2-5H3/t26-,27-,28+,29-,30-/m1/s1. The van der Waals surface area contributed by atoms with Gasteiger partial charge in [-0.3, -0.25) is 19.2 Å². The molecule has 0 N–H and O–H groups in total. The molecule has 0 saturated carbocycles. The van der Waals surface area contributed by atoms with E-state index in [1.165, 1.54) is 20.8 Å². The van der Waals surface area contributed by atoms with Gasteiger partial charge in [-0.2, -0.15) is 0 Å². The number of carbonyl (C=O) groups excluding carboxylic acids is 4. The zero-order chi connectivity index (χ0) is 30.0. The summed E-state index contributed by atoms with van der Waals surface area (Å²) in [5.41, 5.74) is -1.25. The predicted octanol–water partition coefficient (Wildman–Crippen LogP) is 3.33. The van der Waals surface area contributed by atoms with Crippen LogP contribution < -0.4 is 9.47 Å². The molecule has 11 heteroatoms. The summed E-state index contributed by atoms with van der Waals surface area (Å²) < 4.78 is 40.5. The molecule has 220 valence electrons. The molecule has 1 fully saturated rings. The zero-order valence-electron chi connectivity index (χ0n) is 23.4. The highest BCUT2D eigenvalue weighted by Crippen LogP contribution is 2.41. The van der Waals surface area contributed by atoms with Crippen LogP contribution in [0.1, 0.15) is 33.3 Å². The number of ether oxygens (including phenoxy) is 7. The second-order valence-electron chi connectivity index (χ2n) is 9.31. The lowest BCUT2D eigenvalue weighted by molar-refractivity contribution is -0.326. The van der Waals surface area contributed by atoms with Gasteiger partial charge in [0.2, 0.25) is 11.9 Å². The molecule has 0 aromatic heterocycles. The van der Waals surface area contributed by atoms with Crippen LogP contribution in [0.5, 0.6) is 11.5 Å². The molecule has 1 aliphatic rings. The number of rotatable bonds is 12. The second-order valence-corrected chi connectivity index (χ2v) is 9.31. The maximum Gasteiger partial charge on any atom is 0.303 e. The Bertz CT molecular complexity index is 1210. The molecule has 1 saturated heterocycles. The lowest BCUT2D eigenvalue weighted by atomic mass is 9.80. The molecule has 5 atom stereocenters. The van der Waals surface area contributed by atoms with Gasteiger partial charge < -0.3 is 33.2 Å². The molecular formula is C30H34O11. The molecule has 0 radical (unpaired) electrons. The van der Waals surface area contributed by atoms with Crippen LogP contribution in [-0.4, -0.2) is 67.3 Å². The van der Waals surface area contributed by atoms with Crippen molar-refractivity contribution in [3.63, 3.8) is 0 Å². The molecule has 1 heterocycles. The normalized spacial score (nSPS) is 23.4. The Hall–Kier alpha value is -4.38. The van der Waals surface area contributed by atoms with Crippen molar-refractivity contribution in [1.82, 2.24) is 0 Å². The van der Waals surface area contributed by atoms with E-state index in [1.54, 1.807) is 60.7 Å². The molecule has 2 aromatic rings. The first kappa shape index (κ1) is 31.2. The molecule has 11 nitrogen and oxygen atoms in total. The van der Waals surface area contributed by atoms with Crippen LogP contribution in [0, 0.1) is 0 Å². The molecule has 1 aliphatic heterocycles. The topological polar surface area (TPSA) is 133 Å². The van der Waals surface area contributed by atoms with E-state index < -0.39 is 54.1 Å². The van der Waals surface area contributed by atoms with E-state index in [1.807, 2.05) is 0 Å². The Balaban J connectivity index is 2.18. The van der Waals surface area contributed by atoms with Crippen molar-refractivity contribution in [1.29, 1.82) is 0 Å². The molecular weight excluding hydrogens is 536 g/mol. The van der Waals surface area contributed by atoms with Gasteiger partial charge >= 0.3 is 23.9 Å². The Labute approximate surface area is 238 Å². The predicted molar refractivity (Wildman–Crippen MR) is 144 cm³/mol. The lowest BCUT2D eigenvalue weighted by Crippen LogP contribution is -2.72. The number of esters is 4. The highest BCUT2D eigenvalue weighted by Gasteiger charge is 2.64. The third-order valence-corrected chi connectivity index (χ3v) is 5.98. The first-order valence-corrected chi connectivity index (χ1v) is 12.9. The highest BCUT2D eigenvalue weighted by molar-refractivity contribution is 5.69. The van der Waals surface area contributed by atoms with Gasteiger partial charge in [0.05, 0.1) is 0 Å². The molecule has 3 rings (SSSR count). The largest absolute Gasteiger partial charge is 0.490 e. The van der Waals surface area contributed by atoms with Gasteiger partial charge in [-0.05, 0) is 29.8 Å². The quantitative estimate of drug-likeness (QED) is 0.211. The van der Waals surface area contributed by atoms with Crippen molar-refractivity contribution in [2.24, 2.45) is 0 Å². The maximum atomic E-state index is 12.7. The van der Waals surface area contributed by atoms with Crippen LogP contribution in [0.25, 0.3) is 0 Å².